The first kappa shape index (κ1) is 12.5. The molecule has 0 bridgehead atoms. The highest BCUT2D eigenvalue weighted by atomic mass is 79.9. The zero-order valence-corrected chi connectivity index (χ0v) is 11.3. The zero-order valence-electron chi connectivity index (χ0n) is 9.74. The van der Waals surface area contributed by atoms with Crippen molar-refractivity contribution in [1.82, 2.24) is 15.6 Å². The van der Waals surface area contributed by atoms with Crippen molar-refractivity contribution < 1.29 is 4.79 Å². The fraction of sp³-hybridized carbons (Fsp3) is 0.500. The Morgan fingerprint density at radius 2 is 2.35 bits per heavy atom. The van der Waals surface area contributed by atoms with Crippen LogP contribution in [0.25, 0.3) is 0 Å². The Morgan fingerprint density at radius 3 is 2.94 bits per heavy atom. The summed E-state index contributed by atoms with van der Waals surface area (Å²) in [6.07, 6.45) is 3.99. The van der Waals surface area contributed by atoms with Gasteiger partial charge in [0.15, 0.2) is 0 Å². The van der Waals surface area contributed by atoms with Gasteiger partial charge in [-0.15, -0.1) is 0 Å². The smallest absolute Gasteiger partial charge is 0.237 e. The van der Waals surface area contributed by atoms with Gasteiger partial charge in [-0.05, 0) is 47.8 Å². The maximum atomic E-state index is 11.7. The first-order valence-electron chi connectivity index (χ1n) is 5.79. The molecule has 17 heavy (non-hydrogen) atoms. The van der Waals surface area contributed by atoms with Gasteiger partial charge >= 0.3 is 0 Å². The van der Waals surface area contributed by atoms with Crippen LogP contribution in [0.3, 0.4) is 0 Å². The highest BCUT2D eigenvalue weighted by molar-refractivity contribution is 9.10. The van der Waals surface area contributed by atoms with Crippen LogP contribution in [-0.2, 0) is 11.3 Å². The van der Waals surface area contributed by atoms with E-state index in [4.69, 9.17) is 0 Å². The van der Waals surface area contributed by atoms with E-state index in [0.717, 1.165) is 23.0 Å². The van der Waals surface area contributed by atoms with E-state index in [2.05, 4.69) is 31.5 Å². The summed E-state index contributed by atoms with van der Waals surface area (Å²) in [4.78, 5) is 15.9. The van der Waals surface area contributed by atoms with E-state index in [0.29, 0.717) is 12.6 Å². The summed E-state index contributed by atoms with van der Waals surface area (Å²) in [5.41, 5.74) is 0.930. The molecule has 1 aromatic heterocycles. The van der Waals surface area contributed by atoms with Crippen LogP contribution >= 0.6 is 15.9 Å². The Bertz CT molecular complexity index is 389. The Labute approximate surface area is 109 Å². The molecule has 0 radical (unpaired) electrons. The van der Waals surface area contributed by atoms with Crippen LogP contribution in [0.1, 0.15) is 25.5 Å². The molecule has 4 nitrogen and oxygen atoms in total. The molecule has 0 aromatic carbocycles. The summed E-state index contributed by atoms with van der Waals surface area (Å²) in [5, 5.41) is 6.13. The molecule has 1 aromatic rings. The van der Waals surface area contributed by atoms with Gasteiger partial charge in [-0.1, -0.05) is 0 Å². The lowest BCUT2D eigenvalue weighted by Crippen LogP contribution is -2.42. The third kappa shape index (κ3) is 4.09. The van der Waals surface area contributed by atoms with Crippen molar-refractivity contribution in [2.45, 2.75) is 38.4 Å². The predicted molar refractivity (Wildman–Crippen MR) is 69.4 cm³/mol. The highest BCUT2D eigenvalue weighted by Crippen LogP contribution is 2.18. The molecule has 5 heteroatoms. The first-order valence-corrected chi connectivity index (χ1v) is 6.58. The molecule has 0 aliphatic heterocycles. The second-order valence-corrected chi connectivity index (χ2v) is 5.27. The largest absolute Gasteiger partial charge is 0.352 e. The van der Waals surface area contributed by atoms with Crippen LogP contribution in [-0.4, -0.2) is 23.0 Å². The molecule has 1 heterocycles. The Kier molecular flexibility index (Phi) is 4.12. The van der Waals surface area contributed by atoms with Crippen molar-refractivity contribution in [3.8, 4) is 0 Å². The Morgan fingerprint density at radius 1 is 1.59 bits per heavy atom. The lowest BCUT2D eigenvalue weighted by molar-refractivity contribution is -0.122. The molecule has 1 aliphatic rings. The zero-order chi connectivity index (χ0) is 12.3. The van der Waals surface area contributed by atoms with E-state index >= 15 is 0 Å². The normalized spacial score (nSPS) is 16.6. The summed E-state index contributed by atoms with van der Waals surface area (Å²) in [6.45, 7) is 2.48. The molecule has 2 rings (SSSR count). The molecule has 2 N–H and O–H groups in total. The summed E-state index contributed by atoms with van der Waals surface area (Å²) in [5.74, 6) is 0.0737. The quantitative estimate of drug-likeness (QED) is 0.868. The van der Waals surface area contributed by atoms with E-state index < -0.39 is 0 Å². The second-order valence-electron chi connectivity index (χ2n) is 4.35. The third-order valence-electron chi connectivity index (χ3n) is 2.70. The van der Waals surface area contributed by atoms with E-state index in [1.165, 1.54) is 0 Å². The summed E-state index contributed by atoms with van der Waals surface area (Å²) in [7, 11) is 0. The lowest BCUT2D eigenvalue weighted by atomic mass is 10.3. The van der Waals surface area contributed by atoms with Crippen molar-refractivity contribution >= 4 is 21.8 Å². The molecule has 1 unspecified atom stereocenters. The Hall–Kier alpha value is -0.940. The number of rotatable bonds is 5. The van der Waals surface area contributed by atoms with Crippen molar-refractivity contribution in [2.75, 3.05) is 0 Å². The number of halogens is 1. The van der Waals surface area contributed by atoms with Gasteiger partial charge in [0, 0.05) is 23.3 Å². The number of carbonyl (C=O) groups is 1. The summed E-state index contributed by atoms with van der Waals surface area (Å²) in [6, 6.07) is 4.11. The second kappa shape index (κ2) is 5.60. The van der Waals surface area contributed by atoms with Gasteiger partial charge in [0.1, 0.15) is 0 Å². The molecule has 1 saturated carbocycles. The Balaban J connectivity index is 1.76. The van der Waals surface area contributed by atoms with Gasteiger partial charge in [-0.25, -0.2) is 0 Å². The minimum atomic E-state index is -0.180. The van der Waals surface area contributed by atoms with Crippen LogP contribution in [0.15, 0.2) is 22.8 Å². The van der Waals surface area contributed by atoms with Crippen molar-refractivity contribution in [3.05, 3.63) is 28.5 Å². The SMILES string of the molecule is CC(NCc1ccc(Br)cn1)C(=O)NC1CC1. The summed E-state index contributed by atoms with van der Waals surface area (Å²) >= 11 is 3.34. The lowest BCUT2D eigenvalue weighted by Gasteiger charge is -2.13. The number of carbonyl (C=O) groups excluding carboxylic acids is 1. The molecule has 1 fully saturated rings. The average Bonchev–Trinajstić information content (AvgIpc) is 3.11. The van der Waals surface area contributed by atoms with Gasteiger partial charge in [0.25, 0.3) is 0 Å². The predicted octanol–water partition coefficient (Wildman–Crippen LogP) is 1.60. The number of nitrogens with zero attached hydrogens (tertiary/aromatic N) is 1. The number of pyridine rings is 1. The number of amides is 1. The first-order chi connectivity index (χ1) is 8.15. The topological polar surface area (TPSA) is 54.0 Å². The van der Waals surface area contributed by atoms with Crippen LogP contribution in [0.5, 0.6) is 0 Å². The number of nitrogens with one attached hydrogen (secondary N) is 2. The minimum Gasteiger partial charge on any atom is -0.352 e. The molecule has 1 aliphatic carbocycles. The van der Waals surface area contributed by atoms with Crippen molar-refractivity contribution in [2.24, 2.45) is 0 Å². The van der Waals surface area contributed by atoms with Gasteiger partial charge in [-0.3, -0.25) is 9.78 Å². The number of hydrogen-bond donors (Lipinski definition) is 2. The fourth-order valence-corrected chi connectivity index (χ4v) is 1.65. The molecule has 92 valence electrons. The molecule has 1 atom stereocenters. The molecule has 0 saturated heterocycles. The number of aromatic nitrogens is 1. The van der Waals surface area contributed by atoms with E-state index in [9.17, 15) is 4.79 Å². The molecular weight excluding hydrogens is 282 g/mol. The maximum absolute atomic E-state index is 11.7. The minimum absolute atomic E-state index is 0.0737. The van der Waals surface area contributed by atoms with Crippen molar-refractivity contribution in [3.63, 3.8) is 0 Å². The standard InChI is InChI=1S/C12H16BrN3O/c1-8(12(17)16-10-4-5-10)14-7-11-3-2-9(13)6-15-11/h2-3,6,8,10,14H,4-5,7H2,1H3,(H,16,17). The average molecular weight is 298 g/mol. The summed E-state index contributed by atoms with van der Waals surface area (Å²) < 4.78 is 0.959. The number of hydrogen-bond acceptors (Lipinski definition) is 3. The third-order valence-corrected chi connectivity index (χ3v) is 3.16. The van der Waals surface area contributed by atoms with Gasteiger partial charge in [0.2, 0.25) is 5.91 Å². The van der Waals surface area contributed by atoms with Gasteiger partial charge < -0.3 is 10.6 Å². The van der Waals surface area contributed by atoms with E-state index in [1.54, 1.807) is 6.20 Å². The fourth-order valence-electron chi connectivity index (χ4n) is 1.42. The molecule has 0 spiro atoms. The van der Waals surface area contributed by atoms with Gasteiger partial charge in [-0.2, -0.15) is 0 Å². The van der Waals surface area contributed by atoms with E-state index in [-0.39, 0.29) is 11.9 Å². The monoisotopic (exact) mass is 297 g/mol. The van der Waals surface area contributed by atoms with Crippen LogP contribution in [0.2, 0.25) is 0 Å². The maximum Gasteiger partial charge on any atom is 0.237 e. The van der Waals surface area contributed by atoms with Gasteiger partial charge in [0.05, 0.1) is 11.7 Å². The van der Waals surface area contributed by atoms with Crippen LogP contribution < -0.4 is 10.6 Å². The van der Waals surface area contributed by atoms with Crippen LogP contribution in [0.4, 0.5) is 0 Å². The highest BCUT2D eigenvalue weighted by Gasteiger charge is 2.25. The molecular formula is C12H16BrN3O. The van der Waals surface area contributed by atoms with E-state index in [1.807, 2.05) is 19.1 Å². The molecule has 1 amide bonds. The van der Waals surface area contributed by atoms with Crippen LogP contribution in [0, 0.1) is 0 Å². The van der Waals surface area contributed by atoms with Crippen molar-refractivity contribution in [1.29, 1.82) is 0 Å².